The zero-order chi connectivity index (χ0) is 18.0. The first-order chi connectivity index (χ1) is 12.0. The molecule has 0 bridgehead atoms. The highest BCUT2D eigenvalue weighted by Gasteiger charge is 2.25. The summed E-state index contributed by atoms with van der Waals surface area (Å²) in [5.74, 6) is 0.656. The van der Waals surface area contributed by atoms with Gasteiger partial charge in [0.2, 0.25) is 5.90 Å². The smallest absolute Gasteiger partial charge is 0.363 e. The molecule has 0 spiro atoms. The molecule has 128 valence electrons. The van der Waals surface area contributed by atoms with Gasteiger partial charge in [-0.15, -0.1) is 0 Å². The van der Waals surface area contributed by atoms with Crippen LogP contribution in [-0.4, -0.2) is 26.1 Å². The van der Waals surface area contributed by atoms with Crippen LogP contribution in [0.25, 0.3) is 6.08 Å². The van der Waals surface area contributed by atoms with Crippen LogP contribution in [0, 0.1) is 0 Å². The molecule has 0 saturated carbocycles. The van der Waals surface area contributed by atoms with Crippen molar-refractivity contribution in [3.05, 3.63) is 63.3 Å². The molecule has 1 aliphatic heterocycles. The van der Waals surface area contributed by atoms with E-state index in [0.717, 1.165) is 0 Å². The molecular formula is C18H13Cl2NO4. The van der Waals surface area contributed by atoms with Gasteiger partial charge in [-0.1, -0.05) is 35.3 Å². The number of ether oxygens (including phenoxy) is 3. The Morgan fingerprint density at radius 1 is 1.08 bits per heavy atom. The number of nitrogens with zero attached hydrogens (tertiary/aromatic N) is 1. The van der Waals surface area contributed by atoms with Crippen molar-refractivity contribution in [3.8, 4) is 11.5 Å². The van der Waals surface area contributed by atoms with Gasteiger partial charge in [-0.3, -0.25) is 0 Å². The van der Waals surface area contributed by atoms with E-state index in [9.17, 15) is 4.79 Å². The number of hydrogen-bond acceptors (Lipinski definition) is 5. The number of rotatable bonds is 4. The quantitative estimate of drug-likeness (QED) is 0.586. The van der Waals surface area contributed by atoms with E-state index in [2.05, 4.69) is 4.99 Å². The monoisotopic (exact) mass is 377 g/mol. The van der Waals surface area contributed by atoms with Crippen LogP contribution in [-0.2, 0) is 9.53 Å². The Morgan fingerprint density at radius 2 is 1.88 bits per heavy atom. The van der Waals surface area contributed by atoms with Gasteiger partial charge in [-0.2, -0.15) is 0 Å². The van der Waals surface area contributed by atoms with E-state index in [4.69, 9.17) is 37.4 Å². The standard InChI is InChI=1S/C18H13Cl2NO4/c1-23-15-5-3-4-10(16(15)24-2)9-14-18(22)25-17(21-14)11-6-7-12(19)13(20)8-11/h3-9H,1-2H3/b14-9-. The maximum absolute atomic E-state index is 12.1. The van der Waals surface area contributed by atoms with Crippen LogP contribution in [0.3, 0.4) is 0 Å². The van der Waals surface area contributed by atoms with Crippen LogP contribution < -0.4 is 9.47 Å². The number of benzene rings is 2. The topological polar surface area (TPSA) is 57.1 Å². The molecule has 25 heavy (non-hydrogen) atoms. The van der Waals surface area contributed by atoms with E-state index in [-0.39, 0.29) is 11.6 Å². The Morgan fingerprint density at radius 3 is 2.56 bits per heavy atom. The Labute approximate surface area is 154 Å². The molecular weight excluding hydrogens is 365 g/mol. The van der Waals surface area contributed by atoms with Crippen LogP contribution in [0.15, 0.2) is 47.1 Å². The number of aliphatic imine (C=N–C) groups is 1. The molecule has 1 heterocycles. The highest BCUT2D eigenvalue weighted by atomic mass is 35.5. The van der Waals surface area contributed by atoms with Crippen LogP contribution in [0.2, 0.25) is 10.0 Å². The summed E-state index contributed by atoms with van der Waals surface area (Å²) in [5, 5.41) is 0.761. The molecule has 0 unspecified atom stereocenters. The zero-order valence-electron chi connectivity index (χ0n) is 13.4. The lowest BCUT2D eigenvalue weighted by Gasteiger charge is -2.09. The van der Waals surface area contributed by atoms with Crippen molar-refractivity contribution in [2.75, 3.05) is 14.2 Å². The van der Waals surface area contributed by atoms with Gasteiger partial charge in [0.15, 0.2) is 17.2 Å². The van der Waals surface area contributed by atoms with E-state index in [1.54, 1.807) is 49.6 Å². The second kappa shape index (κ2) is 7.17. The van der Waals surface area contributed by atoms with Gasteiger partial charge in [0.25, 0.3) is 0 Å². The summed E-state index contributed by atoms with van der Waals surface area (Å²) in [6.07, 6.45) is 1.58. The molecule has 7 heteroatoms. The van der Waals surface area contributed by atoms with Gasteiger partial charge >= 0.3 is 5.97 Å². The van der Waals surface area contributed by atoms with Crippen molar-refractivity contribution >= 4 is 41.1 Å². The maximum Gasteiger partial charge on any atom is 0.363 e. The van der Waals surface area contributed by atoms with E-state index in [1.165, 1.54) is 7.11 Å². The van der Waals surface area contributed by atoms with Crippen LogP contribution in [0.1, 0.15) is 11.1 Å². The fourth-order valence-electron chi connectivity index (χ4n) is 2.33. The second-order valence-electron chi connectivity index (χ2n) is 5.05. The molecule has 0 fully saturated rings. The van der Waals surface area contributed by atoms with E-state index >= 15 is 0 Å². The lowest BCUT2D eigenvalue weighted by atomic mass is 10.1. The fraction of sp³-hybridized carbons (Fsp3) is 0.111. The largest absolute Gasteiger partial charge is 0.493 e. The Bertz CT molecular complexity index is 906. The minimum Gasteiger partial charge on any atom is -0.493 e. The van der Waals surface area contributed by atoms with Gasteiger partial charge in [0.1, 0.15) is 0 Å². The first-order valence-corrected chi connectivity index (χ1v) is 7.98. The van der Waals surface area contributed by atoms with Crippen LogP contribution in [0.5, 0.6) is 11.5 Å². The number of halogens is 2. The number of carbonyl (C=O) groups is 1. The van der Waals surface area contributed by atoms with Gasteiger partial charge < -0.3 is 14.2 Å². The molecule has 5 nitrogen and oxygen atoms in total. The molecule has 2 aromatic carbocycles. The molecule has 3 rings (SSSR count). The van der Waals surface area contributed by atoms with Crippen LogP contribution >= 0.6 is 23.2 Å². The third kappa shape index (κ3) is 3.48. The number of hydrogen-bond donors (Lipinski definition) is 0. The minimum atomic E-state index is -0.564. The number of cyclic esters (lactones) is 1. The Hall–Kier alpha value is -2.50. The molecule has 0 N–H and O–H groups in total. The van der Waals surface area contributed by atoms with Crippen molar-refractivity contribution < 1.29 is 19.0 Å². The van der Waals surface area contributed by atoms with E-state index < -0.39 is 5.97 Å². The molecule has 1 aliphatic rings. The second-order valence-corrected chi connectivity index (χ2v) is 5.86. The Kier molecular flexibility index (Phi) is 4.97. The van der Waals surface area contributed by atoms with E-state index in [1.807, 2.05) is 0 Å². The zero-order valence-corrected chi connectivity index (χ0v) is 14.9. The van der Waals surface area contributed by atoms with Gasteiger partial charge in [-0.25, -0.2) is 9.79 Å². The SMILES string of the molecule is COc1cccc(/C=C2\N=C(c3ccc(Cl)c(Cl)c3)OC2=O)c1OC. The number of para-hydroxylation sites is 1. The fourth-order valence-corrected chi connectivity index (χ4v) is 2.63. The molecule has 0 aromatic heterocycles. The maximum atomic E-state index is 12.1. The summed E-state index contributed by atoms with van der Waals surface area (Å²) >= 11 is 11.9. The summed E-state index contributed by atoms with van der Waals surface area (Å²) in [6.45, 7) is 0. The molecule has 0 saturated heterocycles. The normalized spacial score (nSPS) is 15.1. The van der Waals surface area contributed by atoms with Crippen molar-refractivity contribution in [1.29, 1.82) is 0 Å². The minimum absolute atomic E-state index is 0.146. The average Bonchev–Trinajstić information content (AvgIpc) is 2.97. The third-order valence-electron chi connectivity index (χ3n) is 3.51. The van der Waals surface area contributed by atoms with Gasteiger partial charge in [-0.05, 0) is 30.3 Å². The van der Waals surface area contributed by atoms with Crippen molar-refractivity contribution in [2.24, 2.45) is 4.99 Å². The first kappa shape index (κ1) is 17.3. The van der Waals surface area contributed by atoms with Gasteiger partial charge in [0.05, 0.1) is 24.3 Å². The molecule has 2 aromatic rings. The molecule has 0 aliphatic carbocycles. The van der Waals surface area contributed by atoms with Gasteiger partial charge in [0, 0.05) is 11.1 Å². The number of esters is 1. The Balaban J connectivity index is 2.00. The number of carbonyl (C=O) groups excluding carboxylic acids is 1. The predicted octanol–water partition coefficient (Wildman–Crippen LogP) is 4.36. The summed E-state index contributed by atoms with van der Waals surface area (Å²) in [4.78, 5) is 16.4. The van der Waals surface area contributed by atoms with Crippen molar-refractivity contribution in [3.63, 3.8) is 0 Å². The molecule has 0 radical (unpaired) electrons. The van der Waals surface area contributed by atoms with Crippen molar-refractivity contribution in [1.82, 2.24) is 0 Å². The van der Waals surface area contributed by atoms with Crippen molar-refractivity contribution in [2.45, 2.75) is 0 Å². The molecule has 0 atom stereocenters. The van der Waals surface area contributed by atoms with Crippen LogP contribution in [0.4, 0.5) is 0 Å². The lowest BCUT2D eigenvalue weighted by molar-refractivity contribution is -0.129. The highest BCUT2D eigenvalue weighted by molar-refractivity contribution is 6.42. The summed E-state index contributed by atoms with van der Waals surface area (Å²) in [6, 6.07) is 10.2. The lowest BCUT2D eigenvalue weighted by Crippen LogP contribution is -2.05. The summed E-state index contributed by atoms with van der Waals surface area (Å²) < 4.78 is 15.8. The molecule has 0 amide bonds. The highest BCUT2D eigenvalue weighted by Crippen LogP contribution is 2.33. The number of methoxy groups -OCH3 is 2. The summed E-state index contributed by atoms with van der Waals surface area (Å²) in [5.41, 5.74) is 1.35. The summed E-state index contributed by atoms with van der Waals surface area (Å²) in [7, 11) is 3.07. The first-order valence-electron chi connectivity index (χ1n) is 7.22. The van der Waals surface area contributed by atoms with E-state index in [0.29, 0.717) is 32.7 Å². The average molecular weight is 378 g/mol. The third-order valence-corrected chi connectivity index (χ3v) is 4.25. The predicted molar refractivity (Wildman–Crippen MR) is 96.6 cm³/mol.